The lowest BCUT2D eigenvalue weighted by Gasteiger charge is -2.31. The Hall–Kier alpha value is -1.10. The average molecular weight is 197 g/mol. The van der Waals surface area contributed by atoms with E-state index in [9.17, 15) is 9.59 Å². The molecule has 1 aliphatic heterocycles. The van der Waals surface area contributed by atoms with Gasteiger partial charge in [0.25, 0.3) is 0 Å². The van der Waals surface area contributed by atoms with Gasteiger partial charge in [-0.2, -0.15) is 0 Å². The lowest BCUT2D eigenvalue weighted by molar-refractivity contribution is -0.133. The number of carbonyl (C=O) groups is 2. The number of amides is 2. The second kappa shape index (κ2) is 2.95. The predicted molar refractivity (Wildman–Crippen MR) is 50.0 cm³/mol. The van der Waals surface area contributed by atoms with Crippen molar-refractivity contribution in [2.75, 3.05) is 6.54 Å². The summed E-state index contributed by atoms with van der Waals surface area (Å²) in [7, 11) is 0. The Balaban J connectivity index is 2.12. The van der Waals surface area contributed by atoms with E-state index >= 15 is 0 Å². The van der Waals surface area contributed by atoms with Gasteiger partial charge in [-0.25, -0.2) is 0 Å². The fourth-order valence-electron chi connectivity index (χ4n) is 2.38. The quantitative estimate of drug-likeness (QED) is 0.479. The van der Waals surface area contributed by atoms with Crippen molar-refractivity contribution in [3.63, 3.8) is 0 Å². The Bertz CT molecular complexity index is 286. The first-order valence-electron chi connectivity index (χ1n) is 4.88. The largest absolute Gasteiger partial charge is 0.369 e. The van der Waals surface area contributed by atoms with E-state index in [0.717, 1.165) is 13.0 Å². The SMILES string of the molecule is NC(=O)C1CCC2(CN2)CC1C(N)=O. The van der Waals surface area contributed by atoms with E-state index in [1.54, 1.807) is 0 Å². The Morgan fingerprint density at radius 3 is 2.21 bits per heavy atom. The zero-order chi connectivity index (χ0) is 10.3. The molecule has 1 spiro atoms. The third-order valence-corrected chi connectivity index (χ3v) is 3.44. The van der Waals surface area contributed by atoms with E-state index in [-0.39, 0.29) is 17.4 Å². The number of nitrogens with two attached hydrogens (primary N) is 2. The Morgan fingerprint density at radius 2 is 1.79 bits per heavy atom. The van der Waals surface area contributed by atoms with Crippen LogP contribution in [0.2, 0.25) is 0 Å². The van der Waals surface area contributed by atoms with Crippen LogP contribution in [-0.2, 0) is 9.59 Å². The number of carbonyl (C=O) groups excluding carboxylic acids is 2. The first kappa shape index (κ1) is 9.45. The Labute approximate surface area is 82.2 Å². The highest BCUT2D eigenvalue weighted by Gasteiger charge is 2.51. The molecule has 78 valence electrons. The number of rotatable bonds is 2. The minimum atomic E-state index is -0.401. The van der Waals surface area contributed by atoms with Gasteiger partial charge in [0, 0.05) is 18.0 Å². The van der Waals surface area contributed by atoms with Crippen LogP contribution in [0.25, 0.3) is 0 Å². The van der Waals surface area contributed by atoms with E-state index < -0.39 is 11.8 Å². The fraction of sp³-hybridized carbons (Fsp3) is 0.778. The van der Waals surface area contributed by atoms with Gasteiger partial charge < -0.3 is 16.8 Å². The molecule has 3 atom stereocenters. The standard InChI is InChI=1S/C9H15N3O2/c10-7(13)5-1-2-9(4-12-9)3-6(5)8(11)14/h5-6,12H,1-4H2,(H2,10,13)(H2,11,14). The highest BCUT2D eigenvalue weighted by Crippen LogP contribution is 2.41. The molecule has 1 saturated carbocycles. The first-order chi connectivity index (χ1) is 6.54. The van der Waals surface area contributed by atoms with Gasteiger partial charge in [0.2, 0.25) is 11.8 Å². The van der Waals surface area contributed by atoms with Crippen LogP contribution in [-0.4, -0.2) is 23.9 Å². The van der Waals surface area contributed by atoms with Gasteiger partial charge in [-0.1, -0.05) is 0 Å². The van der Waals surface area contributed by atoms with Crippen LogP contribution in [0.15, 0.2) is 0 Å². The molecule has 5 heteroatoms. The van der Waals surface area contributed by atoms with Crippen LogP contribution >= 0.6 is 0 Å². The number of nitrogens with one attached hydrogen (secondary N) is 1. The number of hydrogen-bond acceptors (Lipinski definition) is 3. The molecule has 0 aromatic carbocycles. The van der Waals surface area contributed by atoms with Gasteiger partial charge in [0.05, 0.1) is 5.92 Å². The van der Waals surface area contributed by atoms with E-state index in [4.69, 9.17) is 11.5 Å². The van der Waals surface area contributed by atoms with E-state index in [1.807, 2.05) is 0 Å². The summed E-state index contributed by atoms with van der Waals surface area (Å²) in [6, 6.07) is 0. The van der Waals surface area contributed by atoms with Crippen molar-refractivity contribution < 1.29 is 9.59 Å². The van der Waals surface area contributed by atoms with Crippen LogP contribution in [0.1, 0.15) is 19.3 Å². The molecule has 3 unspecified atom stereocenters. The highest BCUT2D eigenvalue weighted by atomic mass is 16.2. The molecule has 1 saturated heterocycles. The first-order valence-corrected chi connectivity index (χ1v) is 4.88. The molecule has 5 nitrogen and oxygen atoms in total. The lowest BCUT2D eigenvalue weighted by Crippen LogP contribution is -2.44. The maximum absolute atomic E-state index is 11.2. The van der Waals surface area contributed by atoms with Crippen LogP contribution in [0.3, 0.4) is 0 Å². The molecular formula is C9H15N3O2. The van der Waals surface area contributed by atoms with Crippen molar-refractivity contribution in [3.05, 3.63) is 0 Å². The van der Waals surface area contributed by atoms with Crippen molar-refractivity contribution in [1.29, 1.82) is 0 Å². The zero-order valence-corrected chi connectivity index (χ0v) is 7.95. The molecule has 0 aromatic rings. The van der Waals surface area contributed by atoms with Gasteiger partial charge in [-0.15, -0.1) is 0 Å². The summed E-state index contributed by atoms with van der Waals surface area (Å²) < 4.78 is 0. The Morgan fingerprint density at radius 1 is 1.21 bits per heavy atom. The summed E-state index contributed by atoms with van der Waals surface area (Å²) in [5.41, 5.74) is 10.6. The van der Waals surface area contributed by atoms with Gasteiger partial charge in [-0.05, 0) is 19.3 Å². The minimum Gasteiger partial charge on any atom is -0.369 e. The van der Waals surface area contributed by atoms with Crippen molar-refractivity contribution in [2.24, 2.45) is 23.3 Å². The summed E-state index contributed by atoms with van der Waals surface area (Å²) >= 11 is 0. The number of hydrogen-bond donors (Lipinski definition) is 3. The molecule has 1 heterocycles. The van der Waals surface area contributed by atoms with Crippen molar-refractivity contribution in [3.8, 4) is 0 Å². The van der Waals surface area contributed by atoms with Gasteiger partial charge in [0.1, 0.15) is 0 Å². The Kier molecular flexibility index (Phi) is 1.99. The maximum atomic E-state index is 11.2. The summed E-state index contributed by atoms with van der Waals surface area (Å²) in [4.78, 5) is 22.3. The second-order valence-electron chi connectivity index (χ2n) is 4.39. The topological polar surface area (TPSA) is 108 Å². The lowest BCUT2D eigenvalue weighted by atomic mass is 9.73. The third kappa shape index (κ3) is 1.48. The normalized spacial score (nSPS) is 40.9. The van der Waals surface area contributed by atoms with E-state index in [0.29, 0.717) is 12.8 Å². The fourth-order valence-corrected chi connectivity index (χ4v) is 2.38. The third-order valence-electron chi connectivity index (χ3n) is 3.44. The molecule has 0 bridgehead atoms. The highest BCUT2D eigenvalue weighted by molar-refractivity contribution is 5.86. The van der Waals surface area contributed by atoms with Crippen molar-refractivity contribution in [1.82, 2.24) is 5.32 Å². The summed E-state index contributed by atoms with van der Waals surface area (Å²) in [5.74, 6) is -1.54. The molecule has 2 rings (SSSR count). The van der Waals surface area contributed by atoms with Gasteiger partial charge in [-0.3, -0.25) is 9.59 Å². The van der Waals surface area contributed by atoms with Crippen LogP contribution in [0.5, 0.6) is 0 Å². The average Bonchev–Trinajstić information content (AvgIpc) is 2.84. The van der Waals surface area contributed by atoms with Crippen molar-refractivity contribution >= 4 is 11.8 Å². The van der Waals surface area contributed by atoms with Gasteiger partial charge >= 0.3 is 0 Å². The molecule has 1 aliphatic carbocycles. The van der Waals surface area contributed by atoms with E-state index in [2.05, 4.69) is 5.32 Å². The van der Waals surface area contributed by atoms with Gasteiger partial charge in [0.15, 0.2) is 0 Å². The maximum Gasteiger partial charge on any atom is 0.221 e. The molecule has 0 aromatic heterocycles. The molecule has 2 amide bonds. The molecular weight excluding hydrogens is 182 g/mol. The summed E-state index contributed by atoms with van der Waals surface area (Å²) in [6.45, 7) is 0.933. The van der Waals surface area contributed by atoms with Crippen molar-refractivity contribution in [2.45, 2.75) is 24.8 Å². The van der Waals surface area contributed by atoms with E-state index in [1.165, 1.54) is 0 Å². The smallest absolute Gasteiger partial charge is 0.221 e. The minimum absolute atomic E-state index is 0.0889. The predicted octanol–water partition coefficient (Wildman–Crippen LogP) is -1.28. The summed E-state index contributed by atoms with van der Waals surface area (Å²) in [6.07, 6.45) is 2.26. The molecule has 5 N–H and O–H groups in total. The van der Waals surface area contributed by atoms with Crippen LogP contribution < -0.4 is 16.8 Å². The molecule has 0 radical (unpaired) electrons. The molecule has 2 fully saturated rings. The zero-order valence-electron chi connectivity index (χ0n) is 7.95. The second-order valence-corrected chi connectivity index (χ2v) is 4.39. The van der Waals surface area contributed by atoms with Crippen LogP contribution in [0.4, 0.5) is 0 Å². The molecule has 14 heavy (non-hydrogen) atoms. The van der Waals surface area contributed by atoms with Crippen LogP contribution in [0, 0.1) is 11.8 Å². The monoisotopic (exact) mass is 197 g/mol. The summed E-state index contributed by atoms with van der Waals surface area (Å²) in [5, 5.41) is 3.23. The molecule has 2 aliphatic rings. The number of primary amides is 2.